The van der Waals surface area contributed by atoms with Gasteiger partial charge in [0.2, 0.25) is 0 Å². The molecule has 0 bridgehead atoms. The lowest BCUT2D eigenvalue weighted by atomic mass is 10.3. The Kier molecular flexibility index (Phi) is 6.11. The summed E-state index contributed by atoms with van der Waals surface area (Å²) in [6.45, 7) is 0.0224. The summed E-state index contributed by atoms with van der Waals surface area (Å²) in [5.74, 6) is -0.346. The topological polar surface area (TPSA) is 26.3 Å². The van der Waals surface area contributed by atoms with E-state index in [0.29, 0.717) is 0 Å². The zero-order valence-electron chi connectivity index (χ0n) is 15.6. The van der Waals surface area contributed by atoms with Gasteiger partial charge in [-0.2, -0.15) is 0 Å². The minimum Gasteiger partial charge on any atom is -0.466 e. The molecule has 0 spiro atoms. The Hall–Kier alpha value is -2.83. The van der Waals surface area contributed by atoms with E-state index in [0.717, 1.165) is 5.29 Å². The van der Waals surface area contributed by atoms with Crippen molar-refractivity contribution in [1.82, 2.24) is 0 Å². The summed E-state index contributed by atoms with van der Waals surface area (Å²) >= 11 is 0. The molecule has 27 heavy (non-hydrogen) atoms. The molecule has 0 aromatic heterocycles. The molecular formula is C24H23O2P. The smallest absolute Gasteiger partial charge is 0.330 e. The Bertz CT molecular complexity index is 871. The molecule has 0 atom stereocenters. The van der Waals surface area contributed by atoms with Gasteiger partial charge in [-0.1, -0.05) is 97.1 Å². The van der Waals surface area contributed by atoms with Gasteiger partial charge in [-0.05, 0) is 35.0 Å². The van der Waals surface area contributed by atoms with Crippen molar-refractivity contribution in [1.29, 1.82) is 0 Å². The van der Waals surface area contributed by atoms with E-state index in [2.05, 4.69) is 79.7 Å². The fraction of sp³-hybridized carbons (Fsp3) is 0.0833. The lowest BCUT2D eigenvalue weighted by molar-refractivity contribution is -0.134. The minimum atomic E-state index is -2.09. The Morgan fingerprint density at radius 3 is 1.41 bits per heavy atom. The molecule has 0 aliphatic rings. The summed E-state index contributed by atoms with van der Waals surface area (Å²) in [5, 5.41) is 4.93. The van der Waals surface area contributed by atoms with Crippen LogP contribution in [-0.2, 0) is 9.53 Å². The van der Waals surface area contributed by atoms with Crippen LogP contribution in [0.15, 0.2) is 103 Å². The number of ether oxygens (including phenoxy) is 1. The first-order valence-corrected chi connectivity index (χ1v) is 10.6. The Balaban J connectivity index is 2.44. The van der Waals surface area contributed by atoms with E-state index in [1.54, 1.807) is 0 Å². The maximum atomic E-state index is 11.7. The summed E-state index contributed by atoms with van der Waals surface area (Å²) < 4.78 is 4.80. The van der Waals surface area contributed by atoms with Gasteiger partial charge in [-0.3, -0.25) is 0 Å². The van der Waals surface area contributed by atoms with Crippen LogP contribution in [0.3, 0.4) is 0 Å². The van der Waals surface area contributed by atoms with E-state index in [9.17, 15) is 4.79 Å². The SMILES string of the molecule is COC(=O)C=CC(C)=P(c1ccccc1)(c1ccccc1)c1ccccc1. The summed E-state index contributed by atoms with van der Waals surface area (Å²) in [4.78, 5) is 11.7. The third-order valence-electron chi connectivity index (χ3n) is 4.62. The van der Waals surface area contributed by atoms with Crippen LogP contribution in [0.25, 0.3) is 0 Å². The zero-order chi connectivity index (χ0) is 19.1. The number of hydrogen-bond acceptors (Lipinski definition) is 2. The van der Waals surface area contributed by atoms with Gasteiger partial charge in [0.1, 0.15) is 0 Å². The number of carbonyl (C=O) groups excluding carboxylic acids is 1. The van der Waals surface area contributed by atoms with Crippen molar-refractivity contribution in [3.8, 4) is 0 Å². The maximum Gasteiger partial charge on any atom is 0.330 e. The predicted octanol–water partition coefficient (Wildman–Crippen LogP) is 3.90. The quantitative estimate of drug-likeness (QED) is 0.385. The Morgan fingerprint density at radius 2 is 1.07 bits per heavy atom. The van der Waals surface area contributed by atoms with Crippen molar-refractivity contribution >= 4 is 34.1 Å². The maximum absolute atomic E-state index is 11.7. The second-order valence-corrected chi connectivity index (χ2v) is 9.77. The number of methoxy groups -OCH3 is 1. The van der Waals surface area contributed by atoms with Crippen molar-refractivity contribution in [2.75, 3.05) is 7.11 Å². The molecule has 0 aliphatic heterocycles. The minimum absolute atomic E-state index is 0.346. The van der Waals surface area contributed by atoms with Crippen LogP contribution in [0.1, 0.15) is 6.92 Å². The van der Waals surface area contributed by atoms with E-state index < -0.39 is 6.89 Å². The molecule has 2 nitrogen and oxygen atoms in total. The fourth-order valence-corrected chi connectivity index (χ4v) is 7.65. The summed E-state index contributed by atoms with van der Waals surface area (Å²) in [6.07, 6.45) is 3.42. The molecule has 0 fully saturated rings. The third-order valence-corrected chi connectivity index (χ3v) is 9.05. The molecule has 3 rings (SSSR count). The van der Waals surface area contributed by atoms with Crippen molar-refractivity contribution < 1.29 is 9.53 Å². The summed E-state index contributed by atoms with van der Waals surface area (Å²) in [7, 11) is 1.40. The molecule has 136 valence electrons. The average Bonchev–Trinajstić information content (AvgIpc) is 2.75. The molecule has 0 amide bonds. The zero-order valence-corrected chi connectivity index (χ0v) is 16.5. The van der Waals surface area contributed by atoms with Gasteiger partial charge >= 0.3 is 5.97 Å². The lowest BCUT2D eigenvalue weighted by Crippen LogP contribution is -2.29. The number of carbonyl (C=O) groups is 1. The van der Waals surface area contributed by atoms with E-state index in [1.807, 2.05) is 24.3 Å². The van der Waals surface area contributed by atoms with Crippen LogP contribution in [0.4, 0.5) is 0 Å². The molecule has 0 aliphatic carbocycles. The van der Waals surface area contributed by atoms with Crippen LogP contribution in [-0.4, -0.2) is 18.4 Å². The van der Waals surface area contributed by atoms with Crippen molar-refractivity contribution in [2.24, 2.45) is 0 Å². The predicted molar refractivity (Wildman–Crippen MR) is 117 cm³/mol. The Morgan fingerprint density at radius 1 is 0.704 bits per heavy atom. The Labute approximate surface area is 161 Å². The van der Waals surface area contributed by atoms with Gasteiger partial charge in [0.25, 0.3) is 0 Å². The van der Waals surface area contributed by atoms with E-state index in [-0.39, 0.29) is 5.97 Å². The number of rotatable bonds is 5. The first-order chi connectivity index (χ1) is 13.2. The second kappa shape index (κ2) is 8.70. The fourth-order valence-electron chi connectivity index (χ4n) is 3.38. The highest BCUT2D eigenvalue weighted by Gasteiger charge is 2.27. The standard InChI is InChI=1S/C24H23O2P/c1-20(18-19-24(25)26-2)27(21-12-6-3-7-13-21,22-14-8-4-9-15-22)23-16-10-5-11-17-23/h3-19H,1-2H3. The van der Waals surface area contributed by atoms with Gasteiger partial charge in [0.15, 0.2) is 0 Å². The highest BCUT2D eigenvalue weighted by atomic mass is 31.2. The van der Waals surface area contributed by atoms with Crippen molar-refractivity contribution in [3.05, 3.63) is 103 Å². The van der Waals surface area contributed by atoms with Gasteiger partial charge in [0, 0.05) is 6.08 Å². The third kappa shape index (κ3) is 3.82. The molecule has 3 aromatic carbocycles. The number of hydrogen-bond donors (Lipinski definition) is 0. The van der Waals surface area contributed by atoms with Crippen molar-refractivity contribution in [3.63, 3.8) is 0 Å². The normalized spacial score (nSPS) is 11.3. The molecular weight excluding hydrogens is 351 g/mol. The number of esters is 1. The van der Waals surface area contributed by atoms with Crippen LogP contribution in [0.5, 0.6) is 0 Å². The highest BCUT2D eigenvalue weighted by molar-refractivity contribution is 7.95. The van der Waals surface area contributed by atoms with Gasteiger partial charge in [-0.25, -0.2) is 4.79 Å². The summed E-state index contributed by atoms with van der Waals surface area (Å²) in [6, 6.07) is 31.7. The molecule has 0 saturated heterocycles. The van der Waals surface area contributed by atoms with Gasteiger partial charge in [-0.15, -0.1) is 0 Å². The van der Waals surface area contributed by atoms with Crippen LogP contribution < -0.4 is 15.9 Å². The van der Waals surface area contributed by atoms with E-state index in [4.69, 9.17) is 4.74 Å². The highest BCUT2D eigenvalue weighted by Crippen LogP contribution is 2.46. The molecule has 0 radical (unpaired) electrons. The number of allylic oxidation sites excluding steroid dienone is 1. The lowest BCUT2D eigenvalue weighted by Gasteiger charge is -2.31. The van der Waals surface area contributed by atoms with Gasteiger partial charge < -0.3 is 4.74 Å². The second-order valence-electron chi connectivity index (χ2n) is 6.18. The average molecular weight is 374 g/mol. The number of benzene rings is 3. The first-order valence-electron chi connectivity index (χ1n) is 8.85. The molecule has 0 saturated carbocycles. The van der Waals surface area contributed by atoms with Crippen molar-refractivity contribution in [2.45, 2.75) is 6.92 Å². The monoisotopic (exact) mass is 374 g/mol. The molecule has 0 unspecified atom stereocenters. The van der Waals surface area contributed by atoms with Crippen LogP contribution >= 0.6 is 6.89 Å². The molecule has 3 heteroatoms. The van der Waals surface area contributed by atoms with Crippen LogP contribution in [0.2, 0.25) is 0 Å². The largest absolute Gasteiger partial charge is 0.466 e. The molecule has 0 heterocycles. The summed E-state index contributed by atoms with van der Waals surface area (Å²) in [5.41, 5.74) is 0. The van der Waals surface area contributed by atoms with Crippen LogP contribution in [0, 0.1) is 0 Å². The van der Waals surface area contributed by atoms with E-state index in [1.165, 1.54) is 29.1 Å². The van der Waals surface area contributed by atoms with Gasteiger partial charge in [0.05, 0.1) is 7.11 Å². The molecule has 3 aromatic rings. The first kappa shape index (κ1) is 18.9. The molecule has 0 N–H and O–H groups in total. The van der Waals surface area contributed by atoms with E-state index >= 15 is 0 Å².